The molecule has 0 saturated carbocycles. The van der Waals surface area contributed by atoms with E-state index in [1.807, 2.05) is 24.5 Å². The third-order valence-corrected chi connectivity index (χ3v) is 3.27. The van der Waals surface area contributed by atoms with E-state index in [-0.39, 0.29) is 5.91 Å². The first-order valence-corrected chi connectivity index (χ1v) is 7.56. The molecule has 2 heterocycles. The van der Waals surface area contributed by atoms with E-state index >= 15 is 0 Å². The largest absolute Gasteiger partial charge is 0.352 e. The predicted molar refractivity (Wildman–Crippen MR) is 78.7 cm³/mol. The van der Waals surface area contributed by atoms with Gasteiger partial charge in [0.25, 0.3) is 5.91 Å². The van der Waals surface area contributed by atoms with Crippen LogP contribution in [-0.2, 0) is 6.42 Å². The van der Waals surface area contributed by atoms with Crippen LogP contribution < -0.4 is 5.32 Å². The highest BCUT2D eigenvalue weighted by molar-refractivity contribution is 7.98. The number of hydrogen-bond donors (Lipinski definition) is 1. The standard InChI is InChI=1S/C14H16N4OS/c1-20-14-17-9-11(10-18-14)13(19)16-8-4-6-12-5-2-3-7-15-12/h2-3,5,7,9-10H,4,6,8H2,1H3,(H,16,19). The number of thioether (sulfide) groups is 1. The molecular formula is C14H16N4OS. The van der Waals surface area contributed by atoms with Crippen LogP contribution in [0.1, 0.15) is 22.5 Å². The summed E-state index contributed by atoms with van der Waals surface area (Å²) in [6.45, 7) is 0.611. The van der Waals surface area contributed by atoms with Crippen molar-refractivity contribution >= 4 is 17.7 Å². The minimum atomic E-state index is -0.140. The van der Waals surface area contributed by atoms with E-state index in [9.17, 15) is 4.79 Å². The van der Waals surface area contributed by atoms with Gasteiger partial charge in [-0.1, -0.05) is 17.8 Å². The van der Waals surface area contributed by atoms with Gasteiger partial charge in [-0.3, -0.25) is 9.78 Å². The highest BCUT2D eigenvalue weighted by atomic mass is 32.2. The van der Waals surface area contributed by atoms with Gasteiger partial charge in [0.05, 0.1) is 5.56 Å². The Morgan fingerprint density at radius 1 is 1.25 bits per heavy atom. The van der Waals surface area contributed by atoms with Gasteiger partial charge >= 0.3 is 0 Å². The first-order chi connectivity index (χ1) is 9.79. The quantitative estimate of drug-likeness (QED) is 0.500. The second kappa shape index (κ2) is 7.59. The molecule has 2 aromatic heterocycles. The molecular weight excluding hydrogens is 272 g/mol. The molecule has 20 heavy (non-hydrogen) atoms. The molecule has 0 spiro atoms. The van der Waals surface area contributed by atoms with Crippen molar-refractivity contribution in [3.63, 3.8) is 0 Å². The summed E-state index contributed by atoms with van der Waals surface area (Å²) in [5.74, 6) is -0.140. The normalized spacial score (nSPS) is 10.2. The average Bonchev–Trinajstić information content (AvgIpc) is 2.52. The van der Waals surface area contributed by atoms with Crippen LogP contribution in [0.4, 0.5) is 0 Å². The van der Waals surface area contributed by atoms with Crippen LogP contribution >= 0.6 is 11.8 Å². The van der Waals surface area contributed by atoms with E-state index in [2.05, 4.69) is 20.3 Å². The van der Waals surface area contributed by atoms with Crippen molar-refractivity contribution in [2.45, 2.75) is 18.0 Å². The summed E-state index contributed by atoms with van der Waals surface area (Å²) in [5, 5.41) is 3.52. The van der Waals surface area contributed by atoms with Crippen molar-refractivity contribution in [1.29, 1.82) is 0 Å². The molecule has 2 aromatic rings. The van der Waals surface area contributed by atoms with Crippen LogP contribution in [0.25, 0.3) is 0 Å². The second-order valence-corrected chi connectivity index (χ2v) is 4.91. The monoisotopic (exact) mass is 288 g/mol. The Labute approximate surface area is 122 Å². The van der Waals surface area contributed by atoms with Gasteiger partial charge in [-0.05, 0) is 31.2 Å². The summed E-state index contributed by atoms with van der Waals surface area (Å²) in [5.41, 5.74) is 1.52. The van der Waals surface area contributed by atoms with Gasteiger partial charge in [0.15, 0.2) is 5.16 Å². The number of aryl methyl sites for hydroxylation is 1. The summed E-state index contributed by atoms with van der Waals surface area (Å²) in [6.07, 6.45) is 8.47. The number of carbonyl (C=O) groups excluding carboxylic acids is 1. The Kier molecular flexibility index (Phi) is 5.49. The van der Waals surface area contributed by atoms with E-state index in [4.69, 9.17) is 0 Å². The summed E-state index contributed by atoms with van der Waals surface area (Å²) in [7, 11) is 0. The highest BCUT2D eigenvalue weighted by Gasteiger charge is 2.06. The highest BCUT2D eigenvalue weighted by Crippen LogP contribution is 2.06. The predicted octanol–water partition coefficient (Wildman–Crippen LogP) is 1.96. The Hall–Kier alpha value is -1.95. The molecule has 104 valence electrons. The molecule has 2 rings (SSSR count). The topological polar surface area (TPSA) is 67.8 Å². The Balaban J connectivity index is 1.74. The number of nitrogens with zero attached hydrogens (tertiary/aromatic N) is 3. The fourth-order valence-corrected chi connectivity index (χ4v) is 1.97. The molecule has 6 heteroatoms. The number of rotatable bonds is 6. The molecule has 0 saturated heterocycles. The van der Waals surface area contributed by atoms with Crippen molar-refractivity contribution in [2.75, 3.05) is 12.8 Å². The molecule has 0 aliphatic rings. The van der Waals surface area contributed by atoms with E-state index in [0.29, 0.717) is 17.3 Å². The molecule has 0 aliphatic heterocycles. The van der Waals surface area contributed by atoms with Crippen LogP contribution in [0.15, 0.2) is 41.9 Å². The van der Waals surface area contributed by atoms with Gasteiger partial charge < -0.3 is 5.32 Å². The first-order valence-electron chi connectivity index (χ1n) is 6.34. The summed E-state index contributed by atoms with van der Waals surface area (Å²) in [6, 6.07) is 5.84. The Morgan fingerprint density at radius 3 is 2.70 bits per heavy atom. The summed E-state index contributed by atoms with van der Waals surface area (Å²) < 4.78 is 0. The average molecular weight is 288 g/mol. The zero-order chi connectivity index (χ0) is 14.2. The maximum absolute atomic E-state index is 11.8. The van der Waals surface area contributed by atoms with E-state index in [0.717, 1.165) is 18.5 Å². The molecule has 0 bridgehead atoms. The Morgan fingerprint density at radius 2 is 2.05 bits per heavy atom. The number of hydrogen-bond acceptors (Lipinski definition) is 5. The number of carbonyl (C=O) groups is 1. The minimum absolute atomic E-state index is 0.140. The number of aromatic nitrogens is 3. The summed E-state index contributed by atoms with van der Waals surface area (Å²) >= 11 is 1.45. The van der Waals surface area contributed by atoms with Crippen molar-refractivity contribution in [2.24, 2.45) is 0 Å². The summed E-state index contributed by atoms with van der Waals surface area (Å²) in [4.78, 5) is 24.2. The number of amides is 1. The van der Waals surface area contributed by atoms with Crippen LogP contribution in [0, 0.1) is 0 Å². The minimum Gasteiger partial charge on any atom is -0.352 e. The molecule has 0 aromatic carbocycles. The van der Waals surface area contributed by atoms with Gasteiger partial charge in [-0.25, -0.2) is 9.97 Å². The van der Waals surface area contributed by atoms with Crippen molar-refractivity contribution in [1.82, 2.24) is 20.3 Å². The van der Waals surface area contributed by atoms with Gasteiger partial charge in [-0.15, -0.1) is 0 Å². The third-order valence-electron chi connectivity index (χ3n) is 2.69. The lowest BCUT2D eigenvalue weighted by Crippen LogP contribution is -2.25. The molecule has 1 N–H and O–H groups in total. The third kappa shape index (κ3) is 4.31. The fraction of sp³-hybridized carbons (Fsp3) is 0.286. The van der Waals surface area contributed by atoms with E-state index in [1.165, 1.54) is 11.8 Å². The Bertz CT molecular complexity index is 545. The van der Waals surface area contributed by atoms with Crippen LogP contribution in [0.5, 0.6) is 0 Å². The van der Waals surface area contributed by atoms with E-state index < -0.39 is 0 Å². The molecule has 0 radical (unpaired) electrons. The SMILES string of the molecule is CSc1ncc(C(=O)NCCCc2ccccn2)cn1. The van der Waals surface area contributed by atoms with Gasteiger partial charge in [0.2, 0.25) is 0 Å². The number of pyridine rings is 1. The molecule has 1 amide bonds. The smallest absolute Gasteiger partial charge is 0.254 e. The zero-order valence-electron chi connectivity index (χ0n) is 11.2. The molecule has 0 atom stereocenters. The molecule has 5 nitrogen and oxygen atoms in total. The van der Waals surface area contributed by atoms with Gasteiger partial charge in [-0.2, -0.15) is 0 Å². The van der Waals surface area contributed by atoms with Crippen LogP contribution in [0.3, 0.4) is 0 Å². The van der Waals surface area contributed by atoms with Crippen LogP contribution in [-0.4, -0.2) is 33.7 Å². The van der Waals surface area contributed by atoms with Crippen molar-refractivity contribution < 1.29 is 4.79 Å². The zero-order valence-corrected chi connectivity index (χ0v) is 12.1. The first kappa shape index (κ1) is 14.5. The fourth-order valence-electron chi connectivity index (χ4n) is 1.66. The van der Waals surface area contributed by atoms with E-state index in [1.54, 1.807) is 18.6 Å². The van der Waals surface area contributed by atoms with Gasteiger partial charge in [0.1, 0.15) is 0 Å². The lowest BCUT2D eigenvalue weighted by molar-refractivity contribution is 0.0952. The second-order valence-electron chi connectivity index (χ2n) is 4.14. The maximum Gasteiger partial charge on any atom is 0.254 e. The van der Waals surface area contributed by atoms with Crippen LogP contribution in [0.2, 0.25) is 0 Å². The van der Waals surface area contributed by atoms with Gasteiger partial charge in [0, 0.05) is 30.8 Å². The molecule has 0 fully saturated rings. The maximum atomic E-state index is 11.8. The van der Waals surface area contributed by atoms with Crippen molar-refractivity contribution in [3.05, 3.63) is 48.0 Å². The lowest BCUT2D eigenvalue weighted by atomic mass is 10.2. The molecule has 0 aliphatic carbocycles. The van der Waals surface area contributed by atoms with Crippen molar-refractivity contribution in [3.8, 4) is 0 Å². The lowest BCUT2D eigenvalue weighted by Gasteiger charge is -2.05. The number of nitrogens with one attached hydrogen (secondary N) is 1. The molecule has 0 unspecified atom stereocenters.